The summed E-state index contributed by atoms with van der Waals surface area (Å²) in [7, 11) is -1.88. The molecule has 0 spiro atoms. The van der Waals surface area contributed by atoms with Gasteiger partial charge in [-0.2, -0.15) is 0 Å². The van der Waals surface area contributed by atoms with Crippen molar-refractivity contribution >= 4 is 16.6 Å². The Kier molecular flexibility index (Phi) is 10.1. The van der Waals surface area contributed by atoms with E-state index in [4.69, 9.17) is 18.3 Å². The lowest BCUT2D eigenvalue weighted by Gasteiger charge is -2.39. The van der Waals surface area contributed by atoms with Crippen LogP contribution in [0.3, 0.4) is 0 Å². The van der Waals surface area contributed by atoms with Crippen LogP contribution in [0.15, 0.2) is 36.6 Å². The van der Waals surface area contributed by atoms with Gasteiger partial charge in [-0.3, -0.25) is 0 Å². The van der Waals surface area contributed by atoms with Gasteiger partial charge in [0.15, 0.2) is 8.32 Å². The van der Waals surface area contributed by atoms with Crippen LogP contribution in [0, 0.1) is 11.8 Å². The van der Waals surface area contributed by atoms with Crippen molar-refractivity contribution < 1.29 is 18.3 Å². The number of ether oxygens (including phenoxy) is 2. The lowest BCUT2D eigenvalue weighted by molar-refractivity contribution is -0.0384. The van der Waals surface area contributed by atoms with Gasteiger partial charge in [0.05, 0.1) is 25.6 Å². The highest BCUT2D eigenvalue weighted by molar-refractivity contribution is 6.74. The third kappa shape index (κ3) is 9.12. The number of benzene rings is 1. The van der Waals surface area contributed by atoms with Crippen molar-refractivity contribution in [2.75, 3.05) is 13.7 Å². The Morgan fingerprint density at radius 1 is 1.00 bits per heavy atom. The monoisotopic (exact) mass is 466 g/mol. The largest absolute Gasteiger partial charge is 0.547 e. The van der Waals surface area contributed by atoms with Gasteiger partial charge in [0, 0.05) is 18.4 Å². The standard InChI is InChI=1S/C25H46O4Si2/c1-19(17-28-31(11,12)25(4,5)6)24(20(2)21(3)29-30(8,9)10)27-18-22-13-15-23(26-7)16-14-22/h13-16,19-20,24H,3,17-18H2,1-2,4-12H3/t19-,20+,24-/m1/s1. The van der Waals surface area contributed by atoms with Crippen molar-refractivity contribution in [2.24, 2.45) is 11.8 Å². The molecule has 0 N–H and O–H groups in total. The first-order valence-corrected chi connectivity index (χ1v) is 17.7. The first-order chi connectivity index (χ1) is 14.1. The number of hydrogen-bond donors (Lipinski definition) is 0. The minimum absolute atomic E-state index is 0.0456. The van der Waals surface area contributed by atoms with E-state index in [0.29, 0.717) is 13.2 Å². The maximum absolute atomic E-state index is 6.53. The summed E-state index contributed by atoms with van der Waals surface area (Å²) >= 11 is 0. The average Bonchev–Trinajstić information content (AvgIpc) is 2.64. The molecule has 4 nitrogen and oxygen atoms in total. The zero-order valence-electron chi connectivity index (χ0n) is 21.8. The molecule has 1 aromatic carbocycles. The molecule has 0 bridgehead atoms. The predicted molar refractivity (Wildman–Crippen MR) is 137 cm³/mol. The summed E-state index contributed by atoms with van der Waals surface area (Å²) in [4.78, 5) is 0. The van der Waals surface area contributed by atoms with E-state index in [2.05, 4.69) is 73.9 Å². The molecule has 0 amide bonds. The predicted octanol–water partition coefficient (Wildman–Crippen LogP) is 7.24. The Bertz CT molecular complexity index is 687. The van der Waals surface area contributed by atoms with Crippen molar-refractivity contribution in [3.63, 3.8) is 0 Å². The van der Waals surface area contributed by atoms with Crippen LogP contribution in [0.5, 0.6) is 5.75 Å². The molecule has 0 saturated carbocycles. The molecule has 31 heavy (non-hydrogen) atoms. The fourth-order valence-corrected chi connectivity index (χ4v) is 5.12. The van der Waals surface area contributed by atoms with Gasteiger partial charge in [0.25, 0.3) is 0 Å². The normalized spacial score (nSPS) is 15.8. The Labute approximate surface area is 193 Å². The second-order valence-corrected chi connectivity index (χ2v) is 20.4. The molecular formula is C25H46O4Si2. The second-order valence-electron chi connectivity index (χ2n) is 11.1. The van der Waals surface area contributed by atoms with E-state index in [-0.39, 0.29) is 23.0 Å². The number of hydrogen-bond acceptors (Lipinski definition) is 4. The van der Waals surface area contributed by atoms with E-state index in [1.807, 2.05) is 24.3 Å². The molecule has 1 aromatic rings. The Balaban J connectivity index is 2.95. The molecule has 178 valence electrons. The van der Waals surface area contributed by atoms with Gasteiger partial charge < -0.3 is 18.3 Å². The fourth-order valence-electron chi connectivity index (χ4n) is 3.04. The van der Waals surface area contributed by atoms with Crippen LogP contribution in [0.25, 0.3) is 0 Å². The number of rotatable bonds is 12. The molecule has 3 atom stereocenters. The molecule has 0 heterocycles. The first kappa shape index (κ1) is 27.9. The molecular weight excluding hydrogens is 420 g/mol. The maximum atomic E-state index is 6.53. The second kappa shape index (κ2) is 11.2. The van der Waals surface area contributed by atoms with Crippen molar-refractivity contribution in [3.05, 3.63) is 42.2 Å². The third-order valence-corrected chi connectivity index (χ3v) is 11.5. The Morgan fingerprint density at radius 2 is 1.55 bits per heavy atom. The van der Waals surface area contributed by atoms with Crippen molar-refractivity contribution in [1.29, 1.82) is 0 Å². The van der Waals surface area contributed by atoms with Crippen molar-refractivity contribution in [1.82, 2.24) is 0 Å². The molecule has 6 heteroatoms. The smallest absolute Gasteiger partial charge is 0.241 e. The molecule has 1 rings (SSSR count). The van der Waals surface area contributed by atoms with Gasteiger partial charge in [-0.1, -0.05) is 53.3 Å². The van der Waals surface area contributed by atoms with Gasteiger partial charge in [-0.25, -0.2) is 0 Å². The van der Waals surface area contributed by atoms with Crippen molar-refractivity contribution in [2.45, 2.75) is 85.1 Å². The highest BCUT2D eigenvalue weighted by atomic mass is 28.4. The molecule has 0 aliphatic carbocycles. The summed E-state index contributed by atoms with van der Waals surface area (Å²) in [5.74, 6) is 1.95. The molecule has 0 aromatic heterocycles. The zero-order chi connectivity index (χ0) is 24.0. The SMILES string of the molecule is C=C(O[Si](C)(C)C)[C@H](C)[C@H](OCc1ccc(OC)cc1)[C@H](C)CO[Si](C)(C)C(C)(C)C. The van der Waals surface area contributed by atoms with Gasteiger partial charge in [-0.05, 0) is 55.5 Å². The molecule has 0 aliphatic heterocycles. The van der Waals surface area contributed by atoms with Gasteiger partial charge >= 0.3 is 0 Å². The summed E-state index contributed by atoms with van der Waals surface area (Å²) < 4.78 is 24.5. The van der Waals surface area contributed by atoms with E-state index in [9.17, 15) is 0 Å². The van der Waals surface area contributed by atoms with E-state index in [0.717, 1.165) is 17.1 Å². The van der Waals surface area contributed by atoms with E-state index in [1.165, 1.54) is 0 Å². The highest BCUT2D eigenvalue weighted by Gasteiger charge is 2.38. The minimum Gasteiger partial charge on any atom is -0.547 e. The summed E-state index contributed by atoms with van der Waals surface area (Å²) in [6.07, 6.45) is -0.0456. The third-order valence-electron chi connectivity index (χ3n) is 6.11. The van der Waals surface area contributed by atoms with Gasteiger partial charge in [-0.15, -0.1) is 0 Å². The quantitative estimate of drug-likeness (QED) is 0.240. The Hall–Kier alpha value is -1.09. The van der Waals surface area contributed by atoms with E-state index < -0.39 is 16.6 Å². The fraction of sp³-hybridized carbons (Fsp3) is 0.680. The summed E-state index contributed by atoms with van der Waals surface area (Å²) in [6.45, 7) is 27.8. The van der Waals surface area contributed by atoms with Crippen LogP contribution in [-0.2, 0) is 20.2 Å². The molecule has 0 unspecified atom stereocenters. The topological polar surface area (TPSA) is 36.9 Å². The van der Waals surface area contributed by atoms with Crippen LogP contribution in [0.2, 0.25) is 37.8 Å². The molecule has 0 radical (unpaired) electrons. The number of methoxy groups -OCH3 is 1. The molecule has 0 saturated heterocycles. The van der Waals surface area contributed by atoms with Crippen LogP contribution in [0.1, 0.15) is 40.2 Å². The minimum atomic E-state index is -1.83. The Morgan fingerprint density at radius 3 is 2.00 bits per heavy atom. The van der Waals surface area contributed by atoms with Crippen LogP contribution >= 0.6 is 0 Å². The van der Waals surface area contributed by atoms with Crippen LogP contribution in [0.4, 0.5) is 0 Å². The van der Waals surface area contributed by atoms with Gasteiger partial charge in [0.2, 0.25) is 8.32 Å². The average molecular weight is 467 g/mol. The molecule has 0 fully saturated rings. The first-order valence-electron chi connectivity index (χ1n) is 11.3. The summed E-state index contributed by atoms with van der Waals surface area (Å²) in [5.41, 5.74) is 1.12. The lowest BCUT2D eigenvalue weighted by Crippen LogP contribution is -2.44. The summed E-state index contributed by atoms with van der Waals surface area (Å²) in [6, 6.07) is 8.03. The lowest BCUT2D eigenvalue weighted by atomic mass is 9.92. The maximum Gasteiger partial charge on any atom is 0.241 e. The summed E-state index contributed by atoms with van der Waals surface area (Å²) in [5, 5.41) is 0.183. The van der Waals surface area contributed by atoms with Crippen LogP contribution < -0.4 is 4.74 Å². The van der Waals surface area contributed by atoms with E-state index in [1.54, 1.807) is 7.11 Å². The van der Waals surface area contributed by atoms with Gasteiger partial charge in [0.1, 0.15) is 5.75 Å². The van der Waals surface area contributed by atoms with E-state index >= 15 is 0 Å². The highest BCUT2D eigenvalue weighted by Crippen LogP contribution is 2.37. The van der Waals surface area contributed by atoms with Crippen molar-refractivity contribution in [3.8, 4) is 5.75 Å². The molecule has 0 aliphatic rings. The van der Waals surface area contributed by atoms with Crippen LogP contribution in [-0.4, -0.2) is 36.5 Å². The zero-order valence-corrected chi connectivity index (χ0v) is 23.8.